The third-order valence-corrected chi connectivity index (χ3v) is 5.59. The van der Waals surface area contributed by atoms with E-state index in [-0.39, 0.29) is 10.6 Å². The molecule has 0 spiro atoms. The number of hydrogen-bond acceptors (Lipinski definition) is 4. The predicted octanol–water partition coefficient (Wildman–Crippen LogP) is 2.43. The van der Waals surface area contributed by atoms with Crippen LogP contribution in [0.25, 0.3) is 0 Å². The van der Waals surface area contributed by atoms with Crippen molar-refractivity contribution in [2.75, 3.05) is 31.7 Å². The van der Waals surface area contributed by atoms with Gasteiger partial charge in [0, 0.05) is 20.6 Å². The number of allylic oxidation sites excluding steroid dienone is 1. The minimum Gasteiger partial charge on any atom is -0.396 e. The summed E-state index contributed by atoms with van der Waals surface area (Å²) in [4.78, 5) is 0.151. The van der Waals surface area contributed by atoms with Gasteiger partial charge in [-0.15, -0.1) is 0 Å². The maximum atomic E-state index is 12.2. The van der Waals surface area contributed by atoms with Gasteiger partial charge in [0.05, 0.1) is 11.4 Å². The molecular formula is C15H23N3O2S. The van der Waals surface area contributed by atoms with Crippen molar-refractivity contribution in [3.63, 3.8) is 0 Å². The summed E-state index contributed by atoms with van der Waals surface area (Å²) in [6.07, 6.45) is 6.86. The van der Waals surface area contributed by atoms with Crippen LogP contribution in [-0.2, 0) is 10.0 Å². The smallest absolute Gasteiger partial charge is 0.244 e. The van der Waals surface area contributed by atoms with E-state index < -0.39 is 10.0 Å². The molecule has 3 N–H and O–H groups in total. The first-order valence-electron chi connectivity index (χ1n) is 7.15. The monoisotopic (exact) mass is 309 g/mol. The summed E-state index contributed by atoms with van der Waals surface area (Å²) in [5.41, 5.74) is 8.45. The zero-order valence-corrected chi connectivity index (χ0v) is 13.4. The van der Waals surface area contributed by atoms with Crippen molar-refractivity contribution in [1.29, 1.82) is 0 Å². The van der Waals surface area contributed by atoms with Gasteiger partial charge >= 0.3 is 0 Å². The Labute approximate surface area is 126 Å². The van der Waals surface area contributed by atoms with E-state index in [4.69, 9.17) is 5.73 Å². The van der Waals surface area contributed by atoms with E-state index in [0.29, 0.717) is 5.69 Å². The molecule has 1 aliphatic carbocycles. The van der Waals surface area contributed by atoms with Gasteiger partial charge < -0.3 is 11.1 Å². The van der Waals surface area contributed by atoms with Gasteiger partial charge in [0.1, 0.15) is 4.90 Å². The van der Waals surface area contributed by atoms with Crippen molar-refractivity contribution in [2.45, 2.75) is 30.6 Å². The molecule has 0 saturated heterocycles. The van der Waals surface area contributed by atoms with Crippen LogP contribution in [0.2, 0.25) is 0 Å². The minimum atomic E-state index is -3.51. The van der Waals surface area contributed by atoms with E-state index >= 15 is 0 Å². The average molecular weight is 309 g/mol. The summed E-state index contributed by atoms with van der Waals surface area (Å²) in [6, 6.07) is 5.06. The molecular weight excluding hydrogens is 286 g/mol. The maximum absolute atomic E-state index is 12.2. The summed E-state index contributed by atoms with van der Waals surface area (Å²) in [5.74, 6) is 0. The van der Waals surface area contributed by atoms with E-state index in [9.17, 15) is 8.42 Å². The number of benzene rings is 1. The maximum Gasteiger partial charge on any atom is 0.244 e. The lowest BCUT2D eigenvalue weighted by molar-refractivity contribution is 0.521. The SMILES string of the molecule is CN(C)S(=O)(=O)c1cccc(NCCC2=CCCC2)c1N. The summed E-state index contributed by atoms with van der Waals surface area (Å²) >= 11 is 0. The van der Waals surface area contributed by atoms with Crippen LogP contribution >= 0.6 is 0 Å². The van der Waals surface area contributed by atoms with E-state index in [1.165, 1.54) is 49.3 Å². The number of sulfonamides is 1. The highest BCUT2D eigenvalue weighted by molar-refractivity contribution is 7.89. The quantitative estimate of drug-likeness (QED) is 0.625. The van der Waals surface area contributed by atoms with Gasteiger partial charge in [0.2, 0.25) is 10.0 Å². The molecule has 0 aliphatic heterocycles. The Balaban J connectivity index is 2.11. The Hall–Kier alpha value is -1.53. The summed E-state index contributed by atoms with van der Waals surface area (Å²) in [6.45, 7) is 0.765. The lowest BCUT2D eigenvalue weighted by Gasteiger charge is -2.16. The standard InChI is InChI=1S/C15H23N3O2S/c1-18(2)21(19,20)14-9-5-8-13(15(14)16)17-11-10-12-6-3-4-7-12/h5-6,8-9,17H,3-4,7,10-11,16H2,1-2H3. The fraction of sp³-hybridized carbons (Fsp3) is 0.467. The fourth-order valence-corrected chi connectivity index (χ4v) is 3.47. The normalized spacial score (nSPS) is 15.3. The molecule has 116 valence electrons. The molecule has 0 atom stereocenters. The highest BCUT2D eigenvalue weighted by atomic mass is 32.2. The molecule has 2 rings (SSSR count). The van der Waals surface area contributed by atoms with Gasteiger partial charge in [-0.2, -0.15) is 0 Å². The molecule has 0 bridgehead atoms. The first kappa shape index (κ1) is 15.9. The Kier molecular flexibility index (Phi) is 4.90. The molecule has 6 heteroatoms. The molecule has 1 aliphatic rings. The van der Waals surface area contributed by atoms with Crippen molar-refractivity contribution >= 4 is 21.4 Å². The number of nitrogens with two attached hydrogens (primary N) is 1. The van der Waals surface area contributed by atoms with E-state index in [1.807, 2.05) is 6.07 Å². The van der Waals surface area contributed by atoms with Crippen molar-refractivity contribution in [1.82, 2.24) is 4.31 Å². The molecule has 21 heavy (non-hydrogen) atoms. The first-order chi connectivity index (χ1) is 9.93. The summed E-state index contributed by atoms with van der Waals surface area (Å²) in [5, 5.41) is 3.24. The number of nitrogen functional groups attached to an aromatic ring is 1. The zero-order chi connectivity index (χ0) is 15.5. The van der Waals surface area contributed by atoms with Gasteiger partial charge in [0.25, 0.3) is 0 Å². The highest BCUT2D eigenvalue weighted by Gasteiger charge is 2.21. The summed E-state index contributed by atoms with van der Waals surface area (Å²) in [7, 11) is -0.511. The number of para-hydroxylation sites is 1. The lowest BCUT2D eigenvalue weighted by atomic mass is 10.1. The fourth-order valence-electron chi connectivity index (χ4n) is 2.44. The van der Waals surface area contributed by atoms with Crippen molar-refractivity contribution in [2.24, 2.45) is 0 Å². The van der Waals surface area contributed by atoms with Gasteiger partial charge in [-0.05, 0) is 37.8 Å². The molecule has 0 radical (unpaired) electrons. The second-order valence-corrected chi connectivity index (χ2v) is 7.56. The molecule has 0 aromatic heterocycles. The van der Waals surface area contributed by atoms with Gasteiger partial charge in [-0.25, -0.2) is 12.7 Å². The molecule has 0 unspecified atom stereocenters. The third-order valence-electron chi connectivity index (χ3n) is 3.72. The molecule has 0 heterocycles. The minimum absolute atomic E-state index is 0.151. The highest BCUT2D eigenvalue weighted by Crippen LogP contribution is 2.28. The van der Waals surface area contributed by atoms with Gasteiger partial charge in [0.15, 0.2) is 0 Å². The van der Waals surface area contributed by atoms with Crippen molar-refractivity contribution in [3.05, 3.63) is 29.8 Å². The Bertz CT molecular complexity index is 636. The molecule has 0 saturated carbocycles. The van der Waals surface area contributed by atoms with Crippen LogP contribution in [0.15, 0.2) is 34.7 Å². The first-order valence-corrected chi connectivity index (χ1v) is 8.59. The Morgan fingerprint density at radius 1 is 1.33 bits per heavy atom. The molecule has 1 aromatic rings. The number of nitrogens with one attached hydrogen (secondary N) is 1. The van der Waals surface area contributed by atoms with Gasteiger partial charge in [-0.3, -0.25) is 0 Å². The van der Waals surface area contributed by atoms with E-state index in [2.05, 4.69) is 11.4 Å². The van der Waals surface area contributed by atoms with Crippen LogP contribution in [0.5, 0.6) is 0 Å². The number of hydrogen-bond donors (Lipinski definition) is 2. The van der Waals surface area contributed by atoms with Crippen LogP contribution in [0.4, 0.5) is 11.4 Å². The van der Waals surface area contributed by atoms with Crippen LogP contribution in [0.3, 0.4) is 0 Å². The van der Waals surface area contributed by atoms with Crippen molar-refractivity contribution in [3.8, 4) is 0 Å². The molecule has 5 nitrogen and oxygen atoms in total. The topological polar surface area (TPSA) is 75.4 Å². The number of anilines is 2. The molecule has 1 aromatic carbocycles. The second kappa shape index (κ2) is 6.49. The van der Waals surface area contributed by atoms with Crippen molar-refractivity contribution < 1.29 is 8.42 Å². The third kappa shape index (κ3) is 3.57. The van der Waals surface area contributed by atoms with Crippen LogP contribution in [0, 0.1) is 0 Å². The van der Waals surface area contributed by atoms with Crippen LogP contribution in [-0.4, -0.2) is 33.4 Å². The average Bonchev–Trinajstić information content (AvgIpc) is 2.93. The van der Waals surface area contributed by atoms with Crippen LogP contribution in [0.1, 0.15) is 25.7 Å². The van der Waals surface area contributed by atoms with Crippen LogP contribution < -0.4 is 11.1 Å². The molecule has 0 fully saturated rings. The largest absolute Gasteiger partial charge is 0.396 e. The second-order valence-electron chi connectivity index (χ2n) is 5.44. The van der Waals surface area contributed by atoms with E-state index in [0.717, 1.165) is 13.0 Å². The number of nitrogens with zero attached hydrogens (tertiary/aromatic N) is 1. The zero-order valence-electron chi connectivity index (χ0n) is 12.6. The molecule has 0 amide bonds. The lowest BCUT2D eigenvalue weighted by Crippen LogP contribution is -2.23. The Morgan fingerprint density at radius 2 is 2.10 bits per heavy atom. The number of rotatable bonds is 6. The Morgan fingerprint density at radius 3 is 2.71 bits per heavy atom. The predicted molar refractivity (Wildman–Crippen MR) is 86.8 cm³/mol. The summed E-state index contributed by atoms with van der Waals surface area (Å²) < 4.78 is 25.6. The van der Waals surface area contributed by atoms with Gasteiger partial charge in [-0.1, -0.05) is 17.7 Å². The van der Waals surface area contributed by atoms with E-state index in [1.54, 1.807) is 6.07 Å².